The molecule has 19 nitrogen and oxygen atoms in total. The van der Waals surface area contributed by atoms with Gasteiger partial charge in [0.25, 0.3) is 26.0 Å². The first-order valence-electron chi connectivity index (χ1n) is 15.5. The predicted octanol–water partition coefficient (Wildman–Crippen LogP) is 1.43. The molecule has 1 aromatic carbocycles. The zero-order valence-corrected chi connectivity index (χ0v) is 33.4. The molecule has 2 aromatic heterocycles. The number of hydrogen-bond acceptors (Lipinski definition) is 15. The largest absolute Gasteiger partial charge is 0.511 e. The lowest BCUT2D eigenvalue weighted by Gasteiger charge is -2.33. The van der Waals surface area contributed by atoms with Crippen LogP contribution < -0.4 is 15.4 Å². The van der Waals surface area contributed by atoms with Crippen LogP contribution in [0.15, 0.2) is 64.9 Å². The number of carboxylic acid groups (broad SMARTS) is 1. The lowest BCUT2D eigenvalue weighted by molar-refractivity contribution is -0.139. The number of halogens is 1. The van der Waals surface area contributed by atoms with Gasteiger partial charge in [0.15, 0.2) is 17.7 Å². The number of rotatable bonds is 12. The Morgan fingerprint density at radius 1 is 1.02 bits per heavy atom. The second-order valence-corrected chi connectivity index (χ2v) is 21.2. The quantitative estimate of drug-likeness (QED) is 0.172. The number of nitrogens with one attached hydrogen (secondary N) is 3. The summed E-state index contributed by atoms with van der Waals surface area (Å²) in [5, 5.41) is 28.7. The third-order valence-electron chi connectivity index (χ3n) is 8.35. The predicted molar refractivity (Wildman–Crippen MR) is 199 cm³/mol. The Morgan fingerprint density at radius 2 is 1.60 bits per heavy atom. The molecule has 55 heavy (non-hydrogen) atoms. The number of hydrogen-bond donors (Lipinski definition) is 5. The van der Waals surface area contributed by atoms with Crippen LogP contribution in [0.4, 0.5) is 14.4 Å². The smallest absolute Gasteiger partial charge is 0.329 e. The van der Waals surface area contributed by atoms with Crippen molar-refractivity contribution in [1.82, 2.24) is 13.9 Å². The molecule has 3 aliphatic heterocycles. The Morgan fingerprint density at radius 3 is 2.20 bits per heavy atom. The average molecular weight is 880 g/mol. The van der Waals surface area contributed by atoms with Crippen molar-refractivity contribution in [2.45, 2.75) is 42.4 Å². The molecule has 296 valence electrons. The van der Waals surface area contributed by atoms with Crippen LogP contribution in [0.1, 0.15) is 23.6 Å². The van der Waals surface area contributed by atoms with E-state index in [1.165, 1.54) is 39.9 Å². The summed E-state index contributed by atoms with van der Waals surface area (Å²) in [6, 6.07) is 3.00. The summed E-state index contributed by atoms with van der Waals surface area (Å²) in [6.07, 6.45) is 1.48. The first-order valence-corrected chi connectivity index (χ1v) is 23.9. The number of amidine groups is 2. The molecular weight excluding hydrogens is 850 g/mol. The van der Waals surface area contributed by atoms with Gasteiger partial charge in [-0.05, 0) is 28.5 Å². The van der Waals surface area contributed by atoms with Crippen molar-refractivity contribution in [3.05, 3.63) is 68.9 Å². The molecule has 3 aromatic rings. The molecule has 2 unspecified atom stereocenters. The van der Waals surface area contributed by atoms with Gasteiger partial charge in [-0.3, -0.25) is 4.79 Å². The van der Waals surface area contributed by atoms with Crippen LogP contribution in [0.5, 0.6) is 0 Å². The normalized spacial score (nSPS) is 19.8. The monoisotopic (exact) mass is 879 g/mol. The first-order chi connectivity index (χ1) is 25.5. The Kier molecular flexibility index (Phi) is 10.5. The number of carboxylic acids is 1. The number of aliphatic carboxylic acids is 1. The number of benzene rings is 1. The summed E-state index contributed by atoms with van der Waals surface area (Å²) in [5.41, 5.74) is -0.163. The third-order valence-corrected chi connectivity index (χ3v) is 15.2. The molecule has 0 spiro atoms. The fourth-order valence-corrected chi connectivity index (χ4v) is 12.5. The first kappa shape index (κ1) is 40.4. The van der Waals surface area contributed by atoms with Crippen molar-refractivity contribution in [3.8, 4) is 0 Å². The number of nitrogens with zero attached hydrogens (tertiary/aromatic N) is 4. The molecule has 5 heterocycles. The maximum absolute atomic E-state index is 13.8. The minimum Gasteiger partial charge on any atom is -0.511 e. The number of aliphatic hydroxyl groups excluding tert-OH is 1. The summed E-state index contributed by atoms with van der Waals surface area (Å²) in [4.78, 5) is 26.7. The Balaban J connectivity index is 1.32. The highest BCUT2D eigenvalue weighted by atomic mass is 32.2. The molecule has 0 saturated carbocycles. The van der Waals surface area contributed by atoms with E-state index in [9.17, 15) is 57.9 Å². The second kappa shape index (κ2) is 14.3. The zero-order valence-electron chi connectivity index (χ0n) is 28.5. The van der Waals surface area contributed by atoms with Crippen molar-refractivity contribution < 1.29 is 57.9 Å². The van der Waals surface area contributed by atoms with E-state index in [-0.39, 0.29) is 34.2 Å². The van der Waals surface area contributed by atoms with Gasteiger partial charge in [-0.15, -0.1) is 31.5 Å². The van der Waals surface area contributed by atoms with E-state index in [0.29, 0.717) is 16.1 Å². The third kappa shape index (κ3) is 8.16. The van der Waals surface area contributed by atoms with Gasteiger partial charge >= 0.3 is 5.97 Å². The molecule has 0 saturated heterocycles. The Bertz CT molecular complexity index is 2670. The van der Waals surface area contributed by atoms with E-state index < -0.39 is 116 Å². The highest BCUT2D eigenvalue weighted by Gasteiger charge is 2.44. The van der Waals surface area contributed by atoms with Gasteiger partial charge in [-0.2, -0.15) is 21.1 Å². The highest BCUT2D eigenvalue weighted by Crippen LogP contribution is 2.41. The molecule has 6 rings (SSSR count). The number of sulfonamides is 4. The number of carbonyl (C=O) groups excluding carboxylic acids is 1. The summed E-state index contributed by atoms with van der Waals surface area (Å²) in [6.45, 7) is 0.253. The fraction of sp³-hybridized carbons (Fsp3) is 0.310. The van der Waals surface area contributed by atoms with Gasteiger partial charge in [0.2, 0.25) is 20.0 Å². The van der Waals surface area contributed by atoms with Gasteiger partial charge < -0.3 is 25.7 Å². The molecule has 0 bridgehead atoms. The molecule has 1 amide bonds. The number of fused-ring (bicyclic) bond motifs is 2. The van der Waals surface area contributed by atoms with Crippen molar-refractivity contribution in [3.63, 3.8) is 0 Å². The SMILES string of the molecule is CC1CN(Cc2ccc(F)cc2)C(=O)C(C2=NS(=O)(=O)c3c(CN(C(C(=O)O)C4=NS(=O)(=O)c5c(CNS(C)(=O)=O)csc5N4)S(C)(=O)=O)csc3N2)=C1O. The highest BCUT2D eigenvalue weighted by molar-refractivity contribution is 7.91. The van der Waals surface area contributed by atoms with Crippen LogP contribution in [0, 0.1) is 11.7 Å². The number of carbonyl (C=O) groups is 2. The average Bonchev–Trinajstić information content (AvgIpc) is 3.67. The second-order valence-electron chi connectivity index (χ2n) is 12.6. The summed E-state index contributed by atoms with van der Waals surface area (Å²) in [7, 11) is -17.9. The fourth-order valence-electron chi connectivity index (χ4n) is 5.91. The van der Waals surface area contributed by atoms with E-state index >= 15 is 0 Å². The maximum Gasteiger partial charge on any atom is 0.329 e. The molecule has 3 aliphatic rings. The lowest BCUT2D eigenvalue weighted by Crippen LogP contribution is -2.52. The number of thiophene rings is 2. The molecule has 26 heteroatoms. The van der Waals surface area contributed by atoms with Gasteiger partial charge in [0.1, 0.15) is 36.9 Å². The van der Waals surface area contributed by atoms with Crippen molar-refractivity contribution >= 4 is 96.3 Å². The van der Waals surface area contributed by atoms with Crippen LogP contribution in [0.2, 0.25) is 0 Å². The van der Waals surface area contributed by atoms with Crippen LogP contribution >= 0.6 is 22.7 Å². The minimum absolute atomic E-state index is 0.00245. The summed E-state index contributed by atoms with van der Waals surface area (Å²) >= 11 is 1.51. The molecule has 0 radical (unpaired) electrons. The molecule has 0 fully saturated rings. The molecule has 5 N–H and O–H groups in total. The number of anilines is 2. The van der Waals surface area contributed by atoms with Gasteiger partial charge in [0, 0.05) is 43.2 Å². The molecule has 2 atom stereocenters. The minimum atomic E-state index is -4.79. The standard InChI is InChI=1S/C29H30FN7O12S6/c1-14-9-36(10-15-4-6-18(30)7-5-15)28(39)19(21(14)38)24-32-27-23(55(48,49)34-24)17(13-51-27)11-37(53(3,44)45)20(29(40)41)25-33-26-22(54(46,47)35-25)16(12-50-26)8-31-52(2,42)43/h4-7,12-14,20,31,38H,8-11H2,1-3H3,(H,32,34)(H,33,35)(H,40,41). The Labute approximate surface area is 322 Å². The molecular formula is C29H30FN7O12S6. The van der Waals surface area contributed by atoms with Gasteiger partial charge in [-0.1, -0.05) is 19.1 Å². The number of aliphatic hydroxyl groups is 1. The molecule has 0 aliphatic carbocycles. The lowest BCUT2D eigenvalue weighted by atomic mass is 9.96. The van der Waals surface area contributed by atoms with Gasteiger partial charge in [0.05, 0.1) is 12.5 Å². The van der Waals surface area contributed by atoms with E-state index in [1.54, 1.807) is 6.92 Å². The van der Waals surface area contributed by atoms with Crippen LogP contribution in [-0.2, 0) is 69.3 Å². The van der Waals surface area contributed by atoms with Gasteiger partial charge in [-0.25, -0.2) is 30.7 Å². The van der Waals surface area contributed by atoms with E-state index in [1.807, 2.05) is 0 Å². The van der Waals surface area contributed by atoms with E-state index in [4.69, 9.17) is 0 Å². The van der Waals surface area contributed by atoms with Crippen LogP contribution in [0.25, 0.3) is 0 Å². The summed E-state index contributed by atoms with van der Waals surface area (Å²) < 4.78 is 127. The zero-order chi connectivity index (χ0) is 40.4. The van der Waals surface area contributed by atoms with Crippen molar-refractivity contribution in [2.24, 2.45) is 14.7 Å². The maximum atomic E-state index is 13.8. The Hall–Kier alpha value is -4.31. The topological polar surface area (TPSA) is 278 Å². The van der Waals surface area contributed by atoms with Crippen LogP contribution in [0.3, 0.4) is 0 Å². The van der Waals surface area contributed by atoms with E-state index in [0.717, 1.165) is 28.9 Å². The number of amides is 1. The van der Waals surface area contributed by atoms with Crippen LogP contribution in [-0.4, -0.2) is 102 Å². The van der Waals surface area contributed by atoms with E-state index in [2.05, 4.69) is 24.2 Å². The van der Waals surface area contributed by atoms with Crippen molar-refractivity contribution in [2.75, 3.05) is 29.7 Å². The summed E-state index contributed by atoms with van der Waals surface area (Å²) in [5.74, 6) is -5.64. The van der Waals surface area contributed by atoms with Crippen molar-refractivity contribution in [1.29, 1.82) is 0 Å².